The first kappa shape index (κ1) is 22.8. The summed E-state index contributed by atoms with van der Waals surface area (Å²) in [4.78, 5) is 14.7. The second-order valence-corrected chi connectivity index (χ2v) is 7.68. The zero-order valence-corrected chi connectivity index (χ0v) is 17.9. The van der Waals surface area contributed by atoms with Crippen LogP contribution in [0.5, 0.6) is 0 Å². The Morgan fingerprint density at radius 2 is 1.90 bits per heavy atom. The molecule has 3 unspecified atom stereocenters. The van der Waals surface area contributed by atoms with Crippen LogP contribution in [-0.2, 0) is 9.53 Å². The van der Waals surface area contributed by atoms with Gasteiger partial charge in [0.05, 0.1) is 12.2 Å². The maximum absolute atomic E-state index is 12.4. The summed E-state index contributed by atoms with van der Waals surface area (Å²) in [7, 11) is 0. The van der Waals surface area contributed by atoms with Crippen LogP contribution in [0.2, 0.25) is 0 Å². The van der Waals surface area contributed by atoms with Gasteiger partial charge in [0.2, 0.25) is 0 Å². The average molecular weight is 424 g/mol. The molecule has 1 saturated heterocycles. The maximum Gasteiger partial charge on any atom is 0.262 e. The van der Waals surface area contributed by atoms with E-state index in [9.17, 15) is 20.3 Å². The Morgan fingerprint density at radius 1 is 1.19 bits per heavy atom. The topological polar surface area (TPSA) is 106 Å². The molecule has 0 spiro atoms. The molecular formula is C24H29N3O4. The van der Waals surface area contributed by atoms with Crippen molar-refractivity contribution in [3.05, 3.63) is 47.5 Å². The minimum absolute atomic E-state index is 0.0176. The van der Waals surface area contributed by atoms with Crippen LogP contribution < -0.4 is 10.2 Å². The number of carbonyl (C=O) groups excluding carboxylic acids is 1. The van der Waals surface area contributed by atoms with Gasteiger partial charge in [-0.3, -0.25) is 4.79 Å². The maximum atomic E-state index is 12.4. The number of aliphatic hydroxyl groups excluding tert-OH is 2. The van der Waals surface area contributed by atoms with Crippen molar-refractivity contribution in [2.24, 2.45) is 0 Å². The molecule has 0 bridgehead atoms. The Morgan fingerprint density at radius 3 is 2.58 bits per heavy atom. The van der Waals surface area contributed by atoms with E-state index in [0.29, 0.717) is 6.42 Å². The minimum Gasteiger partial charge on any atom is -0.393 e. The van der Waals surface area contributed by atoms with Crippen LogP contribution in [0.25, 0.3) is 16.8 Å². The predicted octanol–water partition coefficient (Wildman–Crippen LogP) is 2.57. The molecular weight excluding hydrogens is 394 g/mol. The molecule has 0 aliphatic carbocycles. The van der Waals surface area contributed by atoms with Crippen LogP contribution in [0.15, 0.2) is 42.0 Å². The number of anilines is 1. The second kappa shape index (κ2) is 10.4. The molecule has 3 atom stereocenters. The molecule has 1 aliphatic heterocycles. The van der Waals surface area contributed by atoms with Gasteiger partial charge in [-0.25, -0.2) is 0 Å². The molecule has 1 amide bonds. The smallest absolute Gasteiger partial charge is 0.262 e. The molecule has 7 nitrogen and oxygen atoms in total. The summed E-state index contributed by atoms with van der Waals surface area (Å²) < 4.78 is 5.30. The van der Waals surface area contributed by atoms with Crippen LogP contribution in [0.1, 0.15) is 32.3 Å². The number of carbonyl (C=O) groups is 1. The monoisotopic (exact) mass is 423 g/mol. The molecule has 0 aromatic heterocycles. The zero-order valence-electron chi connectivity index (χ0n) is 17.9. The third-order valence-electron chi connectivity index (χ3n) is 5.50. The van der Waals surface area contributed by atoms with E-state index < -0.39 is 24.4 Å². The van der Waals surface area contributed by atoms with Crippen molar-refractivity contribution in [3.63, 3.8) is 0 Å². The van der Waals surface area contributed by atoms with Crippen molar-refractivity contribution in [2.75, 3.05) is 24.5 Å². The first-order chi connectivity index (χ1) is 14.9. The van der Waals surface area contributed by atoms with Gasteiger partial charge in [0.25, 0.3) is 5.91 Å². The molecule has 7 heteroatoms. The Bertz CT molecular complexity index is 984. The van der Waals surface area contributed by atoms with Crippen molar-refractivity contribution in [3.8, 4) is 6.07 Å². The van der Waals surface area contributed by atoms with Crippen LogP contribution in [0.4, 0.5) is 5.69 Å². The molecule has 0 radical (unpaired) electrons. The number of rotatable bonds is 7. The molecule has 164 valence electrons. The number of nitrogens with one attached hydrogen (secondary N) is 1. The summed E-state index contributed by atoms with van der Waals surface area (Å²) in [5.41, 5.74) is 1.91. The van der Waals surface area contributed by atoms with E-state index in [4.69, 9.17) is 4.74 Å². The van der Waals surface area contributed by atoms with Crippen molar-refractivity contribution in [2.45, 2.75) is 45.2 Å². The number of nitriles is 1. The van der Waals surface area contributed by atoms with E-state index in [1.54, 1.807) is 6.08 Å². The van der Waals surface area contributed by atoms with Gasteiger partial charge in [-0.2, -0.15) is 5.26 Å². The fourth-order valence-corrected chi connectivity index (χ4v) is 3.84. The van der Waals surface area contributed by atoms with Crippen molar-refractivity contribution in [1.82, 2.24) is 5.32 Å². The second-order valence-electron chi connectivity index (χ2n) is 7.68. The fourth-order valence-electron chi connectivity index (χ4n) is 3.84. The third kappa shape index (κ3) is 5.82. The Hall–Kier alpha value is -2.92. The number of hydrogen-bond donors (Lipinski definition) is 3. The van der Waals surface area contributed by atoms with Gasteiger partial charge in [0.15, 0.2) is 6.29 Å². The molecule has 2 aromatic carbocycles. The van der Waals surface area contributed by atoms with Crippen LogP contribution >= 0.6 is 0 Å². The number of fused-ring (bicyclic) bond motifs is 1. The highest BCUT2D eigenvalue weighted by molar-refractivity contribution is 6.02. The van der Waals surface area contributed by atoms with Crippen LogP contribution in [0.3, 0.4) is 0 Å². The van der Waals surface area contributed by atoms with E-state index in [1.165, 1.54) is 0 Å². The van der Waals surface area contributed by atoms with Gasteiger partial charge in [-0.05, 0) is 54.5 Å². The van der Waals surface area contributed by atoms with Crippen LogP contribution in [0, 0.1) is 11.3 Å². The Kier molecular flexibility index (Phi) is 7.64. The number of nitrogens with zero attached hydrogens (tertiary/aromatic N) is 2. The molecule has 2 aromatic rings. The predicted molar refractivity (Wildman–Crippen MR) is 120 cm³/mol. The van der Waals surface area contributed by atoms with Gasteiger partial charge >= 0.3 is 0 Å². The van der Waals surface area contributed by atoms with Gasteiger partial charge < -0.3 is 25.2 Å². The molecule has 1 fully saturated rings. The molecule has 1 heterocycles. The summed E-state index contributed by atoms with van der Waals surface area (Å²) in [6.45, 7) is 6.24. The minimum atomic E-state index is -1.04. The van der Waals surface area contributed by atoms with E-state index in [-0.39, 0.29) is 18.5 Å². The lowest BCUT2D eigenvalue weighted by Crippen LogP contribution is -2.42. The van der Waals surface area contributed by atoms with E-state index in [2.05, 4.69) is 36.2 Å². The average Bonchev–Trinajstić information content (AvgIpc) is 2.76. The number of amides is 1. The number of hydrogen-bond acceptors (Lipinski definition) is 6. The third-order valence-corrected chi connectivity index (χ3v) is 5.50. The van der Waals surface area contributed by atoms with E-state index in [0.717, 1.165) is 35.1 Å². The summed E-state index contributed by atoms with van der Waals surface area (Å²) in [6.07, 6.45) is -0.176. The highest BCUT2D eigenvalue weighted by Crippen LogP contribution is 2.24. The summed E-state index contributed by atoms with van der Waals surface area (Å²) >= 11 is 0. The molecule has 31 heavy (non-hydrogen) atoms. The summed E-state index contributed by atoms with van der Waals surface area (Å²) in [5, 5.41) is 33.5. The number of ether oxygens (including phenoxy) is 1. The van der Waals surface area contributed by atoms with Gasteiger partial charge in [-0.15, -0.1) is 0 Å². The largest absolute Gasteiger partial charge is 0.393 e. The Labute approximate surface area is 182 Å². The molecule has 1 aliphatic rings. The fraction of sp³-hybridized carbons (Fsp3) is 0.417. The zero-order chi connectivity index (χ0) is 22.4. The first-order valence-electron chi connectivity index (χ1n) is 10.6. The normalized spacial score (nSPS) is 21.5. The summed E-state index contributed by atoms with van der Waals surface area (Å²) in [6, 6.07) is 14.0. The molecule has 3 N–H and O–H groups in total. The molecule has 0 saturated carbocycles. The van der Waals surface area contributed by atoms with E-state index in [1.807, 2.05) is 30.3 Å². The summed E-state index contributed by atoms with van der Waals surface area (Å²) in [5.74, 6) is -0.516. The SMILES string of the molecule is CCN(CC)c1ccc2cc(/C=C(\C#N)C(=O)NCC3CC(O)CC(O)O3)ccc2c1. The molecule has 3 rings (SSSR count). The van der Waals surface area contributed by atoms with E-state index >= 15 is 0 Å². The highest BCUT2D eigenvalue weighted by Gasteiger charge is 2.27. The first-order valence-corrected chi connectivity index (χ1v) is 10.6. The number of benzene rings is 2. The van der Waals surface area contributed by atoms with Gasteiger partial charge in [-0.1, -0.05) is 18.2 Å². The standard InChI is InChI=1S/C24H29N3O4/c1-3-27(4-2)20-8-7-17-9-16(5-6-18(17)11-20)10-19(14-25)24(30)26-15-22-12-21(28)13-23(29)31-22/h5-11,21-23,28-29H,3-4,12-13,15H2,1-2H3,(H,26,30)/b19-10+. The van der Waals surface area contributed by atoms with Crippen molar-refractivity contribution >= 4 is 28.4 Å². The quantitative estimate of drug-likeness (QED) is 0.467. The highest BCUT2D eigenvalue weighted by atomic mass is 16.6. The lowest BCUT2D eigenvalue weighted by atomic mass is 10.0. The van der Waals surface area contributed by atoms with Crippen molar-refractivity contribution in [1.29, 1.82) is 5.26 Å². The van der Waals surface area contributed by atoms with Gasteiger partial charge in [0.1, 0.15) is 11.6 Å². The van der Waals surface area contributed by atoms with Crippen LogP contribution in [-0.4, -0.2) is 54.3 Å². The number of aliphatic hydroxyl groups is 2. The van der Waals surface area contributed by atoms with Gasteiger partial charge in [0, 0.05) is 38.2 Å². The van der Waals surface area contributed by atoms with Crippen molar-refractivity contribution < 1.29 is 19.7 Å². The Balaban J connectivity index is 1.71. The lowest BCUT2D eigenvalue weighted by molar-refractivity contribution is -0.187. The lowest BCUT2D eigenvalue weighted by Gasteiger charge is -2.30.